The van der Waals surface area contributed by atoms with Gasteiger partial charge in [0.1, 0.15) is 11.6 Å². The fourth-order valence-corrected chi connectivity index (χ4v) is 6.16. The van der Waals surface area contributed by atoms with Crippen molar-refractivity contribution in [3.63, 3.8) is 0 Å². The maximum Gasteiger partial charge on any atom is 0.254 e. The van der Waals surface area contributed by atoms with Crippen LogP contribution in [0.15, 0.2) is 36.4 Å². The number of nitrogens with zero attached hydrogens (tertiary/aromatic N) is 1. The molecule has 43 heavy (non-hydrogen) atoms. The molecular weight excluding hydrogens is 556 g/mol. The second kappa shape index (κ2) is 15.7. The minimum absolute atomic E-state index is 0.00516. The van der Waals surface area contributed by atoms with Crippen LogP contribution in [-0.2, 0) is 15.9 Å². The van der Waals surface area contributed by atoms with E-state index in [1.165, 1.54) is 12.1 Å². The summed E-state index contributed by atoms with van der Waals surface area (Å²) >= 11 is 0. The van der Waals surface area contributed by atoms with E-state index in [0.717, 1.165) is 43.7 Å². The average molecular weight is 602 g/mol. The summed E-state index contributed by atoms with van der Waals surface area (Å²) in [5.41, 5.74) is 1.72. The Bertz CT molecular complexity index is 1220. The van der Waals surface area contributed by atoms with Gasteiger partial charge in [0.2, 0.25) is 0 Å². The first kappa shape index (κ1) is 33.0. The molecule has 0 aliphatic carbocycles. The van der Waals surface area contributed by atoms with Gasteiger partial charge in [0.15, 0.2) is 0 Å². The monoisotopic (exact) mass is 601 g/mol. The highest BCUT2D eigenvalue weighted by molar-refractivity contribution is 6.00. The third-order valence-corrected chi connectivity index (χ3v) is 8.34. The van der Waals surface area contributed by atoms with Crippen LogP contribution in [0.4, 0.5) is 8.78 Å². The molecule has 0 bridgehead atoms. The predicted molar refractivity (Wildman–Crippen MR) is 160 cm³/mol. The Hall–Kier alpha value is -2.92. The molecule has 2 heterocycles. The largest absolute Gasteiger partial charge is 0.389 e. The molecular formula is C33H45F2N3O5. The van der Waals surface area contributed by atoms with Gasteiger partial charge in [-0.25, -0.2) is 8.78 Å². The van der Waals surface area contributed by atoms with Gasteiger partial charge in [-0.2, -0.15) is 0 Å². The Morgan fingerprint density at radius 2 is 1.86 bits per heavy atom. The molecule has 8 nitrogen and oxygen atoms in total. The van der Waals surface area contributed by atoms with Crippen molar-refractivity contribution < 1.29 is 33.0 Å². The number of amides is 2. The summed E-state index contributed by atoms with van der Waals surface area (Å²) in [6.45, 7) is 6.26. The first-order valence-corrected chi connectivity index (χ1v) is 15.4. The van der Waals surface area contributed by atoms with E-state index in [1.807, 2.05) is 6.92 Å². The van der Waals surface area contributed by atoms with Crippen molar-refractivity contribution in [3.8, 4) is 0 Å². The van der Waals surface area contributed by atoms with E-state index in [-0.39, 0.29) is 30.0 Å². The molecule has 5 atom stereocenters. The molecule has 0 saturated carbocycles. The van der Waals surface area contributed by atoms with Crippen LogP contribution < -0.4 is 10.6 Å². The number of carbonyl (C=O) groups is 2. The Labute approximate surface area is 253 Å². The quantitative estimate of drug-likeness (QED) is 0.298. The highest BCUT2D eigenvalue weighted by atomic mass is 19.1. The van der Waals surface area contributed by atoms with Crippen LogP contribution >= 0.6 is 0 Å². The van der Waals surface area contributed by atoms with Crippen molar-refractivity contribution in [2.75, 3.05) is 33.4 Å². The number of piperidine rings is 1. The zero-order valence-corrected chi connectivity index (χ0v) is 25.4. The first-order chi connectivity index (χ1) is 20.7. The minimum atomic E-state index is -1.07. The number of aliphatic hydroxyl groups is 1. The number of aryl methyl sites for hydroxylation is 1. The van der Waals surface area contributed by atoms with Crippen molar-refractivity contribution >= 4 is 11.8 Å². The van der Waals surface area contributed by atoms with Crippen LogP contribution in [0.2, 0.25) is 0 Å². The molecule has 2 aliphatic heterocycles. The Morgan fingerprint density at radius 3 is 2.58 bits per heavy atom. The number of methoxy groups -OCH3 is 1. The van der Waals surface area contributed by atoms with Crippen LogP contribution in [0.3, 0.4) is 0 Å². The number of likely N-dealkylation sites (tertiary alicyclic amines) is 1. The zero-order chi connectivity index (χ0) is 30.9. The zero-order valence-electron chi connectivity index (χ0n) is 25.4. The second-order valence-corrected chi connectivity index (χ2v) is 11.8. The molecule has 2 saturated heterocycles. The van der Waals surface area contributed by atoms with Gasteiger partial charge in [-0.15, -0.1) is 0 Å². The van der Waals surface area contributed by atoms with E-state index in [2.05, 4.69) is 17.6 Å². The number of nitrogens with one attached hydrogen (secondary N) is 2. The molecule has 236 valence electrons. The van der Waals surface area contributed by atoms with E-state index >= 15 is 0 Å². The Kier molecular flexibility index (Phi) is 12.0. The molecule has 2 fully saturated rings. The average Bonchev–Trinajstić information content (AvgIpc) is 3.44. The first-order valence-electron chi connectivity index (χ1n) is 15.4. The smallest absolute Gasteiger partial charge is 0.254 e. The summed E-state index contributed by atoms with van der Waals surface area (Å²) in [6, 6.07) is 6.92. The van der Waals surface area contributed by atoms with E-state index in [0.29, 0.717) is 43.9 Å². The number of carbonyl (C=O) groups excluding carboxylic acids is 2. The third kappa shape index (κ3) is 9.04. The van der Waals surface area contributed by atoms with Crippen LogP contribution in [0.5, 0.6) is 0 Å². The number of halogens is 2. The Balaban J connectivity index is 1.55. The van der Waals surface area contributed by atoms with Gasteiger partial charge in [0, 0.05) is 43.5 Å². The fourth-order valence-electron chi connectivity index (χ4n) is 6.16. The van der Waals surface area contributed by atoms with Crippen LogP contribution in [0.25, 0.3) is 0 Å². The van der Waals surface area contributed by atoms with E-state index in [4.69, 9.17) is 9.47 Å². The summed E-state index contributed by atoms with van der Waals surface area (Å²) in [5, 5.41) is 17.8. The summed E-state index contributed by atoms with van der Waals surface area (Å²) < 4.78 is 39.4. The molecule has 0 radical (unpaired) electrons. The summed E-state index contributed by atoms with van der Waals surface area (Å²) in [7, 11) is 1.61. The number of hydrogen-bond donors (Lipinski definition) is 3. The number of aliphatic hydroxyl groups excluding tert-OH is 1. The molecule has 4 rings (SSSR count). The molecule has 3 N–H and O–H groups in total. The summed E-state index contributed by atoms with van der Waals surface area (Å²) in [4.78, 5) is 28.9. The van der Waals surface area contributed by atoms with Gasteiger partial charge in [0.25, 0.3) is 11.8 Å². The van der Waals surface area contributed by atoms with Crippen molar-refractivity contribution in [3.05, 3.63) is 70.3 Å². The molecule has 2 aromatic carbocycles. The molecule has 0 aromatic heterocycles. The maximum absolute atomic E-state index is 14.1. The highest BCUT2D eigenvalue weighted by Crippen LogP contribution is 2.23. The van der Waals surface area contributed by atoms with Crippen LogP contribution in [0, 0.1) is 18.6 Å². The van der Waals surface area contributed by atoms with Gasteiger partial charge < -0.3 is 30.1 Å². The molecule has 0 spiro atoms. The number of benzene rings is 2. The van der Waals surface area contributed by atoms with Crippen LogP contribution in [-0.4, -0.2) is 85.6 Å². The standard InChI is InChI=1S/C33H45F2N3O5/c1-4-5-11-43-28-8-9-36-29(19-28)31(39)30(16-22-14-25(34)18-26(35)15-22)37-32(40)23-12-21(2)13-24(17-23)33(41)38-10-6-7-27(38)20-42-3/h12-15,17-18,27-31,36,39H,4-11,16,19-20H2,1-3H3,(H,37,40)/t27-,28+,29?,30+,31-/m1/s1. The topological polar surface area (TPSA) is 100 Å². The lowest BCUT2D eigenvalue weighted by atomic mass is 9.90. The predicted octanol–water partition coefficient (Wildman–Crippen LogP) is 4.16. The number of rotatable bonds is 13. The third-order valence-electron chi connectivity index (χ3n) is 8.34. The molecule has 2 aliphatic rings. The molecule has 10 heteroatoms. The summed E-state index contributed by atoms with van der Waals surface area (Å²) in [6.07, 6.45) is 3.96. The number of unbranched alkanes of at least 4 members (excludes halogenated alkanes) is 1. The van der Waals surface area contributed by atoms with Crippen molar-refractivity contribution in [1.82, 2.24) is 15.5 Å². The van der Waals surface area contributed by atoms with Crippen molar-refractivity contribution in [1.29, 1.82) is 0 Å². The molecule has 2 aromatic rings. The normalized spacial score (nSPS) is 21.9. The molecule has 1 unspecified atom stereocenters. The van der Waals surface area contributed by atoms with Gasteiger partial charge in [-0.05, 0) is 93.5 Å². The SMILES string of the molecule is CCCCO[C@H]1CCNC([C@@H](O)[C@H](Cc2cc(F)cc(F)c2)NC(=O)c2cc(C)cc(C(=O)N3CCC[C@@H]3COC)c2)C1. The van der Waals surface area contributed by atoms with E-state index in [1.54, 1.807) is 30.2 Å². The lowest BCUT2D eigenvalue weighted by Gasteiger charge is -2.37. The number of ether oxygens (including phenoxy) is 2. The van der Waals surface area contributed by atoms with E-state index in [9.17, 15) is 23.5 Å². The highest BCUT2D eigenvalue weighted by Gasteiger charge is 2.34. The minimum Gasteiger partial charge on any atom is -0.389 e. The second-order valence-electron chi connectivity index (χ2n) is 11.8. The van der Waals surface area contributed by atoms with E-state index < -0.39 is 35.7 Å². The van der Waals surface area contributed by atoms with Crippen molar-refractivity contribution in [2.24, 2.45) is 0 Å². The van der Waals surface area contributed by atoms with Crippen molar-refractivity contribution in [2.45, 2.75) is 89.1 Å². The fraction of sp³-hybridized carbons (Fsp3) is 0.576. The number of hydrogen-bond acceptors (Lipinski definition) is 6. The van der Waals surface area contributed by atoms with Crippen LogP contribution in [0.1, 0.15) is 77.3 Å². The summed E-state index contributed by atoms with van der Waals surface area (Å²) in [5.74, 6) is -2.11. The Morgan fingerprint density at radius 1 is 1.12 bits per heavy atom. The van der Waals surface area contributed by atoms with Gasteiger partial charge in [-0.1, -0.05) is 13.3 Å². The lowest BCUT2D eigenvalue weighted by Crippen LogP contribution is -2.57. The van der Waals surface area contributed by atoms with Gasteiger partial charge >= 0.3 is 0 Å². The maximum atomic E-state index is 14.1. The lowest BCUT2D eigenvalue weighted by molar-refractivity contribution is -0.00846. The van der Waals surface area contributed by atoms with Gasteiger partial charge in [0.05, 0.1) is 30.9 Å². The van der Waals surface area contributed by atoms with Gasteiger partial charge in [-0.3, -0.25) is 9.59 Å². The molecule has 2 amide bonds.